The molecule has 3 heterocycles. The summed E-state index contributed by atoms with van der Waals surface area (Å²) in [7, 11) is 0. The highest BCUT2D eigenvalue weighted by Gasteiger charge is 2.43. The van der Waals surface area contributed by atoms with E-state index in [1.165, 1.54) is 17.2 Å². The third-order valence-corrected chi connectivity index (χ3v) is 3.99. The lowest BCUT2D eigenvalue weighted by Crippen LogP contribution is -2.30. The Kier molecular flexibility index (Phi) is 4.78. The molecule has 10 heteroatoms. The van der Waals surface area contributed by atoms with E-state index >= 15 is 0 Å². The summed E-state index contributed by atoms with van der Waals surface area (Å²) in [6.45, 7) is 0. The third-order valence-electron chi connectivity index (χ3n) is 3.46. The normalized spacial score (nSPS) is 27.8. The third kappa shape index (κ3) is 3.17. The number of aromatic nitrogens is 4. The molecule has 0 amide bonds. The number of hydrogen-bond acceptors (Lipinski definition) is 7. The zero-order valence-electron chi connectivity index (χ0n) is 11.6. The van der Waals surface area contributed by atoms with Crippen molar-refractivity contribution >= 4 is 48.8 Å². The lowest BCUT2D eigenvalue weighted by molar-refractivity contribution is -0.0244. The van der Waals surface area contributed by atoms with Gasteiger partial charge in [-0.25, -0.2) is 15.0 Å². The van der Waals surface area contributed by atoms with Crippen LogP contribution in [0.25, 0.3) is 11.2 Å². The molecule has 0 spiro atoms. The van der Waals surface area contributed by atoms with E-state index < -0.39 is 24.5 Å². The maximum Gasteiger partial charge on any atom is 0.167 e. The largest absolute Gasteiger partial charge is 0.387 e. The van der Waals surface area contributed by atoms with Crippen LogP contribution >= 0.6 is 31.9 Å². The molecule has 0 saturated carbocycles. The molecule has 1 saturated heterocycles. The Hall–Kier alpha value is -1.33. The van der Waals surface area contributed by atoms with Crippen molar-refractivity contribution in [1.29, 1.82) is 0 Å². The van der Waals surface area contributed by atoms with Gasteiger partial charge in [-0.2, -0.15) is 0 Å². The van der Waals surface area contributed by atoms with Gasteiger partial charge in [-0.05, 0) is 37.9 Å². The van der Waals surface area contributed by atoms with Crippen LogP contribution in [0.15, 0.2) is 34.3 Å². The number of hydrogen-bond donors (Lipinski definition) is 3. The number of nitrogens with two attached hydrogens (primary N) is 1. The van der Waals surface area contributed by atoms with Crippen molar-refractivity contribution in [2.24, 2.45) is 0 Å². The first-order chi connectivity index (χ1) is 11.0. The first-order valence-electron chi connectivity index (χ1n) is 6.63. The minimum absolute atomic E-state index is 0.241. The number of aliphatic hydroxyl groups excluding tert-OH is 2. The summed E-state index contributed by atoms with van der Waals surface area (Å²) in [5, 5.41) is 20.4. The number of allylic oxidation sites excluding steroid dienone is 2. The van der Waals surface area contributed by atoms with Gasteiger partial charge in [0.25, 0.3) is 0 Å². The van der Waals surface area contributed by atoms with Crippen molar-refractivity contribution in [1.82, 2.24) is 19.5 Å². The molecule has 0 bridgehead atoms. The Morgan fingerprint density at radius 2 is 2.04 bits per heavy atom. The van der Waals surface area contributed by atoms with Crippen LogP contribution in [0, 0.1) is 0 Å². The van der Waals surface area contributed by atoms with E-state index in [1.54, 1.807) is 18.2 Å². The predicted molar refractivity (Wildman–Crippen MR) is 90.7 cm³/mol. The van der Waals surface area contributed by atoms with Gasteiger partial charge in [0.2, 0.25) is 0 Å². The molecule has 1 aliphatic heterocycles. The van der Waals surface area contributed by atoms with Crippen molar-refractivity contribution < 1.29 is 14.9 Å². The number of imidazole rings is 1. The van der Waals surface area contributed by atoms with E-state index in [0.717, 1.165) is 3.39 Å². The van der Waals surface area contributed by atoms with Crippen LogP contribution < -0.4 is 5.73 Å². The summed E-state index contributed by atoms with van der Waals surface area (Å²) in [6, 6.07) is 0. The quantitative estimate of drug-likeness (QED) is 0.606. The van der Waals surface area contributed by atoms with Crippen LogP contribution in [0.5, 0.6) is 0 Å². The fourth-order valence-electron chi connectivity index (χ4n) is 2.37. The Balaban J connectivity index is 1.89. The number of nitrogens with zero attached hydrogens (tertiary/aromatic N) is 4. The number of nitrogen functional groups attached to an aromatic ring is 1. The summed E-state index contributed by atoms with van der Waals surface area (Å²) in [5.74, 6) is 0.241. The Morgan fingerprint density at radius 1 is 1.26 bits per heavy atom. The highest BCUT2D eigenvalue weighted by Crippen LogP contribution is 2.32. The highest BCUT2D eigenvalue weighted by molar-refractivity contribution is 9.28. The predicted octanol–water partition coefficient (Wildman–Crippen LogP) is 1.22. The molecule has 0 aliphatic carbocycles. The molecule has 1 fully saturated rings. The van der Waals surface area contributed by atoms with Crippen molar-refractivity contribution in [3.8, 4) is 0 Å². The zero-order chi connectivity index (χ0) is 16.6. The van der Waals surface area contributed by atoms with Gasteiger partial charge in [0.15, 0.2) is 17.7 Å². The van der Waals surface area contributed by atoms with E-state index in [1.807, 2.05) is 0 Å². The van der Waals surface area contributed by atoms with Crippen molar-refractivity contribution in [2.45, 2.75) is 24.5 Å². The lowest BCUT2D eigenvalue weighted by atomic mass is 10.1. The van der Waals surface area contributed by atoms with Crippen molar-refractivity contribution in [3.63, 3.8) is 0 Å². The summed E-state index contributed by atoms with van der Waals surface area (Å²) in [6.07, 6.45) is 4.16. The topological polar surface area (TPSA) is 119 Å². The minimum Gasteiger partial charge on any atom is -0.387 e. The van der Waals surface area contributed by atoms with E-state index in [2.05, 4.69) is 46.8 Å². The van der Waals surface area contributed by atoms with E-state index in [9.17, 15) is 10.2 Å². The van der Waals surface area contributed by atoms with E-state index in [0.29, 0.717) is 11.2 Å². The number of anilines is 1. The second kappa shape index (κ2) is 6.65. The van der Waals surface area contributed by atoms with Crippen LogP contribution in [0.1, 0.15) is 6.23 Å². The molecule has 2 aromatic rings. The molecule has 4 N–H and O–H groups in total. The molecular formula is C13H13Br2N5O3. The molecule has 1 aliphatic rings. The van der Waals surface area contributed by atoms with Crippen LogP contribution in [0.2, 0.25) is 0 Å². The second-order valence-electron chi connectivity index (χ2n) is 4.90. The number of fused-ring (bicyclic) bond motifs is 1. The molecule has 4 atom stereocenters. The van der Waals surface area contributed by atoms with Gasteiger partial charge in [0.05, 0.1) is 9.72 Å². The number of ether oxygens (including phenoxy) is 1. The fourth-order valence-corrected chi connectivity index (χ4v) is 2.67. The average Bonchev–Trinajstić information content (AvgIpc) is 3.04. The monoisotopic (exact) mass is 445 g/mol. The summed E-state index contributed by atoms with van der Waals surface area (Å²) < 4.78 is 8.02. The molecule has 122 valence electrons. The van der Waals surface area contributed by atoms with Gasteiger partial charge in [0, 0.05) is 0 Å². The Labute approximate surface area is 148 Å². The van der Waals surface area contributed by atoms with E-state index in [-0.39, 0.29) is 5.82 Å². The molecule has 0 aromatic carbocycles. The van der Waals surface area contributed by atoms with Crippen LogP contribution in [0.3, 0.4) is 0 Å². The number of rotatable bonds is 3. The molecule has 2 aromatic heterocycles. The molecule has 1 unspecified atom stereocenters. The maximum atomic E-state index is 10.3. The molecule has 8 nitrogen and oxygen atoms in total. The molecular weight excluding hydrogens is 434 g/mol. The molecule has 0 radical (unpaired) electrons. The lowest BCUT2D eigenvalue weighted by Gasteiger charge is -2.16. The van der Waals surface area contributed by atoms with Gasteiger partial charge < -0.3 is 20.7 Å². The first-order valence-corrected chi connectivity index (χ1v) is 8.21. The van der Waals surface area contributed by atoms with Gasteiger partial charge in [0.1, 0.15) is 30.2 Å². The fraction of sp³-hybridized carbons (Fsp3) is 0.308. The first kappa shape index (κ1) is 16.5. The smallest absolute Gasteiger partial charge is 0.167 e. The van der Waals surface area contributed by atoms with Crippen LogP contribution in [-0.4, -0.2) is 48.0 Å². The zero-order valence-corrected chi connectivity index (χ0v) is 14.8. The van der Waals surface area contributed by atoms with Gasteiger partial charge in [-0.1, -0.05) is 12.2 Å². The summed E-state index contributed by atoms with van der Waals surface area (Å²) in [4.78, 5) is 12.1. The van der Waals surface area contributed by atoms with Crippen LogP contribution in [0.4, 0.5) is 5.82 Å². The molecule has 23 heavy (non-hydrogen) atoms. The Morgan fingerprint density at radius 3 is 2.78 bits per heavy atom. The minimum atomic E-state index is -1.13. The van der Waals surface area contributed by atoms with Gasteiger partial charge >= 0.3 is 0 Å². The maximum absolute atomic E-state index is 10.3. The highest BCUT2D eigenvalue weighted by atomic mass is 79.9. The second-order valence-corrected chi connectivity index (χ2v) is 7.67. The average molecular weight is 447 g/mol. The van der Waals surface area contributed by atoms with Crippen molar-refractivity contribution in [2.75, 3.05) is 5.73 Å². The molecule has 3 rings (SSSR count). The summed E-state index contributed by atoms with van der Waals surface area (Å²) >= 11 is 6.45. The standard InChI is InChI=1S/C13H13Br2N5O3/c14-7(15)3-1-2-6-9(21)10(22)13(23-6)20-5-19-8-11(16)17-4-18-12(8)20/h1-6,9-10,13,21-22H,(H2,16,17,18)/b2-1+/t6-,9-,10-,13?/m1/s1. The van der Waals surface area contributed by atoms with Crippen LogP contribution in [-0.2, 0) is 4.74 Å². The number of halogens is 2. The van der Waals surface area contributed by atoms with Crippen molar-refractivity contribution in [3.05, 3.63) is 34.3 Å². The summed E-state index contributed by atoms with van der Waals surface area (Å²) in [5.41, 5.74) is 6.60. The van der Waals surface area contributed by atoms with Gasteiger partial charge in [-0.3, -0.25) is 4.57 Å². The van der Waals surface area contributed by atoms with E-state index in [4.69, 9.17) is 10.5 Å². The van der Waals surface area contributed by atoms with Gasteiger partial charge in [-0.15, -0.1) is 0 Å². The Bertz CT molecular complexity index is 774. The number of aliphatic hydroxyl groups is 2. The SMILES string of the molecule is Nc1ncnc2c1ncn2C1O[C@H](/C=C/C=C(Br)Br)[C@@H](O)[C@H]1O.